The lowest BCUT2D eigenvalue weighted by Gasteiger charge is -2.36. The van der Waals surface area contributed by atoms with Crippen molar-refractivity contribution < 1.29 is 5.11 Å². The van der Waals surface area contributed by atoms with Crippen molar-refractivity contribution in [1.29, 1.82) is 0 Å². The number of hydrogen-bond acceptors (Lipinski definition) is 4. The number of aromatic nitrogens is 1. The summed E-state index contributed by atoms with van der Waals surface area (Å²) in [5.41, 5.74) is 8.25. The van der Waals surface area contributed by atoms with Crippen LogP contribution >= 0.6 is 11.3 Å². The number of hydrogen-bond donors (Lipinski definition) is 2. The molecule has 4 heteroatoms. The third kappa shape index (κ3) is 1.82. The highest BCUT2D eigenvalue weighted by Gasteiger charge is 2.36. The van der Waals surface area contributed by atoms with E-state index in [2.05, 4.69) is 4.98 Å². The first-order valence-corrected chi connectivity index (χ1v) is 6.02. The summed E-state index contributed by atoms with van der Waals surface area (Å²) in [6, 6.07) is 0. The topological polar surface area (TPSA) is 59.1 Å². The monoisotopic (exact) mass is 212 g/mol. The molecule has 0 amide bonds. The molecule has 0 aromatic carbocycles. The summed E-state index contributed by atoms with van der Waals surface area (Å²) in [4.78, 5) is 4.13. The lowest BCUT2D eigenvalue weighted by Crippen LogP contribution is -2.47. The van der Waals surface area contributed by atoms with E-state index >= 15 is 0 Å². The van der Waals surface area contributed by atoms with Crippen LogP contribution in [0.15, 0.2) is 10.9 Å². The van der Waals surface area contributed by atoms with Gasteiger partial charge in [0.25, 0.3) is 0 Å². The molecule has 1 aromatic rings. The molecule has 3 nitrogen and oxygen atoms in total. The van der Waals surface area contributed by atoms with E-state index in [1.807, 2.05) is 5.38 Å². The molecule has 14 heavy (non-hydrogen) atoms. The molecule has 1 atom stereocenters. The molecule has 1 aliphatic carbocycles. The van der Waals surface area contributed by atoms with Gasteiger partial charge in [-0.3, -0.25) is 0 Å². The average molecular weight is 212 g/mol. The fraction of sp³-hybridized carbons (Fsp3) is 0.700. The van der Waals surface area contributed by atoms with Crippen molar-refractivity contribution in [2.24, 2.45) is 5.73 Å². The first-order chi connectivity index (χ1) is 6.72. The minimum Gasteiger partial charge on any atom is -0.385 e. The van der Waals surface area contributed by atoms with Gasteiger partial charge in [0.1, 0.15) is 6.10 Å². The van der Waals surface area contributed by atoms with Crippen molar-refractivity contribution >= 4 is 11.3 Å². The summed E-state index contributed by atoms with van der Waals surface area (Å²) in [5, 5.41) is 12.0. The van der Waals surface area contributed by atoms with Gasteiger partial charge >= 0.3 is 0 Å². The van der Waals surface area contributed by atoms with Gasteiger partial charge in [0.2, 0.25) is 0 Å². The van der Waals surface area contributed by atoms with Crippen molar-refractivity contribution in [1.82, 2.24) is 4.98 Å². The van der Waals surface area contributed by atoms with Crippen molar-refractivity contribution in [3.8, 4) is 0 Å². The maximum absolute atomic E-state index is 10.1. The Balaban J connectivity index is 2.13. The van der Waals surface area contributed by atoms with Gasteiger partial charge in [0, 0.05) is 10.9 Å². The fourth-order valence-corrected chi connectivity index (χ4v) is 2.71. The van der Waals surface area contributed by atoms with Crippen LogP contribution in [0.3, 0.4) is 0 Å². The number of aliphatic hydroxyl groups excluding tert-OH is 1. The Morgan fingerprint density at radius 2 is 2.14 bits per heavy atom. The van der Waals surface area contributed by atoms with Gasteiger partial charge in [-0.2, -0.15) is 0 Å². The van der Waals surface area contributed by atoms with Crippen molar-refractivity contribution in [2.75, 3.05) is 0 Å². The smallest absolute Gasteiger partial charge is 0.115 e. The maximum atomic E-state index is 10.1. The molecule has 0 spiro atoms. The zero-order chi connectivity index (χ0) is 10.0. The van der Waals surface area contributed by atoms with E-state index in [1.54, 1.807) is 5.51 Å². The molecular weight excluding hydrogens is 196 g/mol. The van der Waals surface area contributed by atoms with E-state index in [4.69, 9.17) is 5.73 Å². The molecule has 78 valence electrons. The Bertz CT molecular complexity index is 280. The molecule has 0 aliphatic heterocycles. The molecule has 1 fully saturated rings. The summed E-state index contributed by atoms with van der Waals surface area (Å²) < 4.78 is 0. The highest BCUT2D eigenvalue weighted by Crippen LogP contribution is 2.35. The van der Waals surface area contributed by atoms with Crippen molar-refractivity contribution in [3.63, 3.8) is 0 Å². The fourth-order valence-electron chi connectivity index (χ4n) is 2.13. The molecule has 3 N–H and O–H groups in total. The Morgan fingerprint density at radius 3 is 2.71 bits per heavy atom. The quantitative estimate of drug-likeness (QED) is 0.786. The molecule has 0 saturated heterocycles. The van der Waals surface area contributed by atoms with Crippen LogP contribution < -0.4 is 5.73 Å². The zero-order valence-corrected chi connectivity index (χ0v) is 8.96. The first kappa shape index (κ1) is 10.1. The minimum atomic E-state index is -0.589. The SMILES string of the molecule is NC1(C(O)c2cscn2)CCCCC1. The average Bonchev–Trinajstić information content (AvgIpc) is 2.70. The van der Waals surface area contributed by atoms with E-state index in [9.17, 15) is 5.11 Å². The largest absolute Gasteiger partial charge is 0.385 e. The molecule has 1 aliphatic rings. The molecular formula is C10H16N2OS. The number of thiazole rings is 1. The maximum Gasteiger partial charge on any atom is 0.115 e. The van der Waals surface area contributed by atoms with Gasteiger partial charge in [-0.25, -0.2) is 4.98 Å². The lowest BCUT2D eigenvalue weighted by molar-refractivity contribution is 0.0558. The summed E-state index contributed by atoms with van der Waals surface area (Å²) in [6.45, 7) is 0. The molecule has 1 unspecified atom stereocenters. The standard InChI is InChI=1S/C10H16N2OS/c11-10(4-2-1-3-5-10)9(13)8-6-14-7-12-8/h6-7,9,13H,1-5,11H2. The highest BCUT2D eigenvalue weighted by molar-refractivity contribution is 7.07. The lowest BCUT2D eigenvalue weighted by atomic mass is 9.77. The molecule has 1 heterocycles. The predicted octanol–water partition coefficient (Wildman–Crippen LogP) is 1.84. The third-order valence-corrected chi connectivity index (χ3v) is 3.67. The van der Waals surface area contributed by atoms with E-state index in [-0.39, 0.29) is 0 Å². The Labute approximate surface area is 88.0 Å². The second-order valence-corrected chi connectivity index (χ2v) is 4.83. The van der Waals surface area contributed by atoms with Crippen LogP contribution in [0.2, 0.25) is 0 Å². The van der Waals surface area contributed by atoms with Crippen LogP contribution in [0.1, 0.15) is 43.9 Å². The van der Waals surface area contributed by atoms with E-state index in [1.165, 1.54) is 17.8 Å². The molecule has 1 saturated carbocycles. The summed E-state index contributed by atoms with van der Waals surface area (Å²) >= 11 is 1.50. The Hall–Kier alpha value is -0.450. The van der Waals surface area contributed by atoms with Gasteiger partial charge in [0.15, 0.2) is 0 Å². The van der Waals surface area contributed by atoms with Gasteiger partial charge in [-0.15, -0.1) is 11.3 Å². The van der Waals surface area contributed by atoms with Crippen LogP contribution in [0.4, 0.5) is 0 Å². The zero-order valence-electron chi connectivity index (χ0n) is 8.15. The van der Waals surface area contributed by atoms with Gasteiger partial charge in [-0.1, -0.05) is 19.3 Å². The summed E-state index contributed by atoms with van der Waals surface area (Å²) in [6.07, 6.45) is 4.71. The molecule has 1 aromatic heterocycles. The van der Waals surface area contributed by atoms with Crippen molar-refractivity contribution in [3.05, 3.63) is 16.6 Å². The van der Waals surface area contributed by atoms with Gasteiger partial charge < -0.3 is 10.8 Å². The Kier molecular flexibility index (Phi) is 2.85. The second-order valence-electron chi connectivity index (χ2n) is 4.11. The van der Waals surface area contributed by atoms with Gasteiger partial charge in [-0.05, 0) is 12.8 Å². The van der Waals surface area contributed by atoms with E-state index < -0.39 is 11.6 Å². The van der Waals surface area contributed by atoms with E-state index in [0.29, 0.717) is 0 Å². The minimum absolute atomic E-state index is 0.438. The summed E-state index contributed by atoms with van der Waals surface area (Å²) in [5.74, 6) is 0. The molecule has 0 radical (unpaired) electrons. The predicted molar refractivity (Wildman–Crippen MR) is 57.1 cm³/mol. The number of nitrogens with two attached hydrogens (primary N) is 1. The molecule has 2 rings (SSSR count). The van der Waals surface area contributed by atoms with E-state index in [0.717, 1.165) is 31.4 Å². The Morgan fingerprint density at radius 1 is 1.43 bits per heavy atom. The second kappa shape index (κ2) is 3.96. The van der Waals surface area contributed by atoms with Crippen LogP contribution in [0, 0.1) is 0 Å². The van der Waals surface area contributed by atoms with Crippen LogP contribution in [-0.2, 0) is 0 Å². The van der Waals surface area contributed by atoms with Gasteiger partial charge in [0.05, 0.1) is 11.2 Å². The number of nitrogens with zero attached hydrogens (tertiary/aromatic N) is 1. The number of aliphatic hydroxyl groups is 1. The van der Waals surface area contributed by atoms with Crippen LogP contribution in [-0.4, -0.2) is 15.6 Å². The van der Waals surface area contributed by atoms with Crippen LogP contribution in [0.25, 0.3) is 0 Å². The highest BCUT2D eigenvalue weighted by atomic mass is 32.1. The number of rotatable bonds is 2. The normalized spacial score (nSPS) is 23.3. The van der Waals surface area contributed by atoms with Crippen LogP contribution in [0.5, 0.6) is 0 Å². The van der Waals surface area contributed by atoms with Crippen molar-refractivity contribution in [2.45, 2.75) is 43.7 Å². The summed E-state index contributed by atoms with van der Waals surface area (Å²) in [7, 11) is 0. The third-order valence-electron chi connectivity index (χ3n) is 3.06. The molecule has 0 bridgehead atoms. The first-order valence-electron chi connectivity index (χ1n) is 5.07.